The first kappa shape index (κ1) is 40.0. The van der Waals surface area contributed by atoms with Gasteiger partial charge in [0.2, 0.25) is 0 Å². The maximum absolute atomic E-state index is 5.58. The first-order chi connectivity index (χ1) is 32.1. The predicted octanol–water partition coefficient (Wildman–Crippen LogP) is 15.8. The van der Waals surface area contributed by atoms with Crippen molar-refractivity contribution in [2.24, 2.45) is 5.92 Å². The third-order valence-electron chi connectivity index (χ3n) is 14.7. The van der Waals surface area contributed by atoms with E-state index in [1.54, 1.807) is 0 Å². The Labute approximate surface area is 388 Å². The molecule has 0 N–H and O–H groups in total. The monoisotopic (exact) mass is 856 g/mol. The Balaban J connectivity index is 1.00. The quantitative estimate of drug-likeness (QED) is 0.160. The highest BCUT2D eigenvalue weighted by molar-refractivity contribution is 8.00. The fourth-order valence-electron chi connectivity index (χ4n) is 11.2. The van der Waals surface area contributed by atoms with E-state index in [-0.39, 0.29) is 5.92 Å². The van der Waals surface area contributed by atoms with Gasteiger partial charge in [-0.2, -0.15) is 0 Å². The lowest BCUT2D eigenvalue weighted by Gasteiger charge is -2.28. The zero-order valence-corrected chi connectivity index (χ0v) is 37.7. The molecular weight excluding hydrogens is 805 g/mol. The summed E-state index contributed by atoms with van der Waals surface area (Å²) < 4.78 is 0. The third-order valence-corrected chi connectivity index (χ3v) is 16.0. The van der Waals surface area contributed by atoms with Gasteiger partial charge in [0.1, 0.15) is 0 Å². The van der Waals surface area contributed by atoms with Crippen LogP contribution in [0.4, 0.5) is 0 Å². The lowest BCUT2D eigenvalue weighted by atomic mass is 9.76. The molecule has 0 fully saturated rings. The molecule has 0 bridgehead atoms. The van der Waals surface area contributed by atoms with E-state index >= 15 is 0 Å². The van der Waals surface area contributed by atoms with Crippen LogP contribution < -0.4 is 0 Å². The van der Waals surface area contributed by atoms with Gasteiger partial charge in [-0.25, -0.2) is 9.97 Å². The zero-order valence-electron chi connectivity index (χ0n) is 36.9. The van der Waals surface area contributed by atoms with Crippen molar-refractivity contribution in [3.63, 3.8) is 0 Å². The second kappa shape index (κ2) is 17.1. The highest BCUT2D eigenvalue weighted by atomic mass is 32.2. The molecule has 5 aromatic carbocycles. The molecule has 0 amide bonds. The maximum atomic E-state index is 5.58. The topological polar surface area (TPSA) is 25.8 Å². The van der Waals surface area contributed by atoms with Crippen molar-refractivity contribution in [1.29, 1.82) is 0 Å². The van der Waals surface area contributed by atoms with Crippen molar-refractivity contribution in [3.8, 4) is 33.8 Å². The SMILES string of the molecule is Cc1c(C2=CC(c3ccc4c(c3)C3C=CC=CC3CCC4)CC(C3=CC4c5ccccc5SC4C=C3)=C2)nc(-c2ccc(C3C=CC=CC3)cc2)nc1-c1ccc(-c2ccccc2)cc1. The highest BCUT2D eigenvalue weighted by Crippen LogP contribution is 2.51. The summed E-state index contributed by atoms with van der Waals surface area (Å²) in [5.74, 6) is 2.68. The Morgan fingerprint density at radius 2 is 1.34 bits per heavy atom. The van der Waals surface area contributed by atoms with Gasteiger partial charge in [-0.05, 0) is 113 Å². The highest BCUT2D eigenvalue weighted by Gasteiger charge is 2.34. The smallest absolute Gasteiger partial charge is 0.160 e. The molecule has 6 atom stereocenters. The van der Waals surface area contributed by atoms with Crippen LogP contribution in [0.2, 0.25) is 0 Å². The van der Waals surface area contributed by atoms with Crippen molar-refractivity contribution in [2.45, 2.75) is 72.8 Å². The van der Waals surface area contributed by atoms with E-state index in [0.717, 1.165) is 53.2 Å². The summed E-state index contributed by atoms with van der Waals surface area (Å²) in [4.78, 5) is 12.4. The molecule has 2 nitrogen and oxygen atoms in total. The van der Waals surface area contributed by atoms with Crippen LogP contribution in [-0.4, -0.2) is 15.2 Å². The van der Waals surface area contributed by atoms with E-state index in [2.05, 4.69) is 207 Å². The molecule has 0 saturated heterocycles. The van der Waals surface area contributed by atoms with Crippen molar-refractivity contribution >= 4 is 17.3 Å². The summed E-state index contributed by atoms with van der Waals surface area (Å²) in [5, 5.41) is 0.431. The molecular formula is C62H52N2S. The van der Waals surface area contributed by atoms with Crippen LogP contribution in [0.5, 0.6) is 0 Å². The summed E-state index contributed by atoms with van der Waals surface area (Å²) in [6, 6.07) is 45.0. The minimum atomic E-state index is 0.181. The maximum Gasteiger partial charge on any atom is 0.160 e. The normalized spacial score (nSPS) is 23.7. The van der Waals surface area contributed by atoms with E-state index in [4.69, 9.17) is 9.97 Å². The van der Waals surface area contributed by atoms with Gasteiger partial charge in [-0.3, -0.25) is 0 Å². The Bertz CT molecular complexity index is 3060. The Kier molecular flexibility index (Phi) is 10.5. The average molecular weight is 857 g/mol. The van der Waals surface area contributed by atoms with Gasteiger partial charge in [0, 0.05) is 50.5 Å². The average Bonchev–Trinajstić information content (AvgIpc) is 3.64. The van der Waals surface area contributed by atoms with E-state index in [0.29, 0.717) is 28.9 Å². The van der Waals surface area contributed by atoms with Crippen LogP contribution in [0.1, 0.15) is 88.4 Å². The van der Waals surface area contributed by atoms with Crippen molar-refractivity contribution in [1.82, 2.24) is 9.97 Å². The number of hydrogen-bond donors (Lipinski definition) is 0. The summed E-state index contributed by atoms with van der Waals surface area (Å²) >= 11 is 2.00. The molecule has 2 heterocycles. The Morgan fingerprint density at radius 3 is 2.20 bits per heavy atom. The van der Waals surface area contributed by atoms with Crippen LogP contribution >= 0.6 is 11.8 Å². The molecule has 12 rings (SSSR count). The van der Waals surface area contributed by atoms with Crippen LogP contribution in [0.15, 0.2) is 216 Å². The second-order valence-electron chi connectivity index (χ2n) is 18.6. The lowest BCUT2D eigenvalue weighted by molar-refractivity contribution is 0.531. The van der Waals surface area contributed by atoms with Gasteiger partial charge in [-0.15, -0.1) is 11.8 Å². The van der Waals surface area contributed by atoms with Crippen LogP contribution in [-0.2, 0) is 6.42 Å². The van der Waals surface area contributed by atoms with E-state index in [9.17, 15) is 0 Å². The van der Waals surface area contributed by atoms with Gasteiger partial charge in [0.15, 0.2) is 5.82 Å². The van der Waals surface area contributed by atoms with Crippen LogP contribution in [0.3, 0.4) is 0 Å². The number of aryl methyl sites for hydroxylation is 1. The number of benzene rings is 5. The Morgan fingerprint density at radius 1 is 0.585 bits per heavy atom. The van der Waals surface area contributed by atoms with Crippen molar-refractivity contribution in [2.75, 3.05) is 0 Å². The summed E-state index contributed by atoms with van der Waals surface area (Å²) in [6.07, 6.45) is 36.3. The molecule has 6 aliphatic rings. The van der Waals surface area contributed by atoms with Crippen molar-refractivity contribution < 1.29 is 0 Å². The van der Waals surface area contributed by atoms with Gasteiger partial charge >= 0.3 is 0 Å². The number of rotatable bonds is 7. The first-order valence-corrected chi connectivity index (χ1v) is 24.5. The van der Waals surface area contributed by atoms with Crippen molar-refractivity contribution in [3.05, 3.63) is 251 Å². The third kappa shape index (κ3) is 7.70. The fraction of sp³-hybridized carbons (Fsp3) is 0.194. The molecule has 3 heteroatoms. The molecule has 0 saturated carbocycles. The van der Waals surface area contributed by atoms with Gasteiger partial charge in [0.05, 0.1) is 11.4 Å². The molecule has 0 radical (unpaired) electrons. The molecule has 316 valence electrons. The minimum Gasteiger partial charge on any atom is -0.228 e. The van der Waals surface area contributed by atoms with Gasteiger partial charge in [-0.1, -0.05) is 188 Å². The fourth-order valence-corrected chi connectivity index (χ4v) is 12.5. The molecule has 6 unspecified atom stereocenters. The van der Waals surface area contributed by atoms with E-state index in [1.807, 2.05) is 11.8 Å². The zero-order chi connectivity index (χ0) is 43.3. The second-order valence-corrected chi connectivity index (χ2v) is 19.8. The largest absolute Gasteiger partial charge is 0.228 e. The molecule has 0 spiro atoms. The first-order valence-electron chi connectivity index (χ1n) is 23.6. The summed E-state index contributed by atoms with van der Waals surface area (Å²) in [5.41, 5.74) is 18.6. The molecule has 5 aliphatic carbocycles. The number of aromatic nitrogens is 2. The molecule has 1 aliphatic heterocycles. The molecule has 1 aromatic heterocycles. The molecule has 6 aromatic rings. The number of fused-ring (bicyclic) bond motifs is 6. The number of nitrogens with zero attached hydrogens (tertiary/aromatic N) is 2. The van der Waals surface area contributed by atoms with Crippen LogP contribution in [0, 0.1) is 12.8 Å². The number of thioether (sulfide) groups is 1. The Hall–Kier alpha value is -6.55. The van der Waals surface area contributed by atoms with E-state index < -0.39 is 0 Å². The summed E-state index contributed by atoms with van der Waals surface area (Å²) in [6.45, 7) is 2.23. The van der Waals surface area contributed by atoms with Gasteiger partial charge in [0.25, 0.3) is 0 Å². The number of allylic oxidation sites excluding steroid dienone is 15. The number of hydrogen-bond acceptors (Lipinski definition) is 3. The van der Waals surface area contributed by atoms with Crippen LogP contribution in [0.25, 0.3) is 39.3 Å². The molecule has 65 heavy (non-hydrogen) atoms. The standard InChI is InChI=1S/C62H52N2S/c1-40-60(47-28-23-43(24-29-47)41-13-4-2-5-14-41)63-62(48-30-25-44(26-31-48)42-15-6-3-7-16-42)64-61(40)53-36-51(49-32-27-46-19-12-18-45-17-8-9-20-54(45)56(46)38-49)35-52(37-53)50-33-34-59-57(39-50)55-21-10-11-22-58(55)65-59/h2-11,13-15,17,20-34,36-39,42,45,51,54,57,59H,12,16,18-19,35H2,1H3. The summed E-state index contributed by atoms with van der Waals surface area (Å²) in [7, 11) is 0. The minimum absolute atomic E-state index is 0.181. The van der Waals surface area contributed by atoms with Gasteiger partial charge < -0.3 is 0 Å². The van der Waals surface area contributed by atoms with E-state index in [1.165, 1.54) is 73.4 Å². The predicted molar refractivity (Wildman–Crippen MR) is 272 cm³/mol. The lowest BCUT2D eigenvalue weighted by Crippen LogP contribution is -2.14.